The second kappa shape index (κ2) is 9.99. The number of methoxy groups -OCH3 is 1. The molecule has 1 aliphatic carbocycles. The fourth-order valence-electron chi connectivity index (χ4n) is 3.09. The Morgan fingerprint density at radius 2 is 2.04 bits per heavy atom. The Morgan fingerprint density at radius 1 is 1.28 bits per heavy atom. The number of allylic oxidation sites excluding steroid dienone is 2. The quantitative estimate of drug-likeness (QED) is 0.423. The molecule has 5 heteroatoms. The normalized spacial score (nSPS) is 23.1. The summed E-state index contributed by atoms with van der Waals surface area (Å²) in [6.45, 7) is 0.331. The third-order valence-electron chi connectivity index (χ3n) is 4.56. The van der Waals surface area contributed by atoms with Gasteiger partial charge in [0.15, 0.2) is 0 Å². The molecule has 136 valence electrons. The van der Waals surface area contributed by atoms with E-state index >= 15 is 0 Å². The lowest BCUT2D eigenvalue weighted by Gasteiger charge is -2.20. The summed E-state index contributed by atoms with van der Waals surface area (Å²) in [6, 6.07) is 9.41. The summed E-state index contributed by atoms with van der Waals surface area (Å²) in [5.41, 5.74) is 0. The Hall–Kier alpha value is -2.14. The maximum absolute atomic E-state index is 12.1. The van der Waals surface area contributed by atoms with Crippen molar-refractivity contribution in [2.24, 2.45) is 11.8 Å². The zero-order valence-corrected chi connectivity index (χ0v) is 14.6. The highest BCUT2D eigenvalue weighted by atomic mass is 16.5. The molecule has 5 nitrogen and oxygen atoms in total. The molecule has 0 amide bonds. The minimum Gasteiger partial charge on any atom is -0.493 e. The molecule has 0 bridgehead atoms. The van der Waals surface area contributed by atoms with Crippen molar-refractivity contribution in [3.8, 4) is 5.75 Å². The van der Waals surface area contributed by atoms with Gasteiger partial charge >= 0.3 is 5.97 Å². The van der Waals surface area contributed by atoms with Gasteiger partial charge in [0.25, 0.3) is 0 Å². The number of rotatable bonds is 9. The summed E-state index contributed by atoms with van der Waals surface area (Å²) in [6.07, 6.45) is 5.99. The SMILES string of the molecule is COC(=O)CCC/C=C\CC1C(=O)CC(O)C1COc1ccccc1. The first-order valence-electron chi connectivity index (χ1n) is 8.72. The molecule has 0 aromatic heterocycles. The molecular weight excluding hydrogens is 320 g/mol. The average molecular weight is 346 g/mol. The molecule has 1 aromatic carbocycles. The molecule has 1 N–H and O–H groups in total. The Kier molecular flexibility index (Phi) is 7.67. The van der Waals surface area contributed by atoms with E-state index in [1.807, 2.05) is 42.5 Å². The monoisotopic (exact) mass is 346 g/mol. The molecule has 1 aliphatic rings. The zero-order chi connectivity index (χ0) is 18.1. The lowest BCUT2D eigenvalue weighted by atomic mass is 9.91. The second-order valence-electron chi connectivity index (χ2n) is 6.31. The van der Waals surface area contributed by atoms with Crippen LogP contribution in [0, 0.1) is 11.8 Å². The van der Waals surface area contributed by atoms with E-state index in [2.05, 4.69) is 4.74 Å². The van der Waals surface area contributed by atoms with E-state index < -0.39 is 6.10 Å². The van der Waals surface area contributed by atoms with Crippen LogP contribution in [0.4, 0.5) is 0 Å². The number of hydrogen-bond acceptors (Lipinski definition) is 5. The number of aliphatic hydroxyl groups excluding tert-OH is 1. The van der Waals surface area contributed by atoms with E-state index in [-0.39, 0.29) is 30.0 Å². The van der Waals surface area contributed by atoms with Gasteiger partial charge in [0, 0.05) is 24.7 Å². The van der Waals surface area contributed by atoms with Crippen LogP contribution < -0.4 is 4.74 Å². The van der Waals surface area contributed by atoms with Crippen LogP contribution in [0.25, 0.3) is 0 Å². The number of ether oxygens (including phenoxy) is 2. The molecule has 3 atom stereocenters. The molecule has 1 aromatic rings. The smallest absolute Gasteiger partial charge is 0.305 e. The number of carbonyl (C=O) groups is 2. The number of para-hydroxylation sites is 1. The van der Waals surface area contributed by atoms with Crippen LogP contribution in [0.3, 0.4) is 0 Å². The molecule has 2 rings (SSSR count). The van der Waals surface area contributed by atoms with Gasteiger partial charge in [-0.05, 0) is 31.4 Å². The highest BCUT2D eigenvalue weighted by Crippen LogP contribution is 2.32. The van der Waals surface area contributed by atoms with Crippen molar-refractivity contribution in [2.75, 3.05) is 13.7 Å². The zero-order valence-electron chi connectivity index (χ0n) is 14.6. The van der Waals surface area contributed by atoms with Gasteiger partial charge in [0.1, 0.15) is 11.5 Å². The van der Waals surface area contributed by atoms with Crippen molar-refractivity contribution >= 4 is 11.8 Å². The maximum atomic E-state index is 12.1. The minimum absolute atomic E-state index is 0.0911. The predicted molar refractivity (Wildman–Crippen MR) is 94.2 cm³/mol. The van der Waals surface area contributed by atoms with Gasteiger partial charge in [-0.15, -0.1) is 0 Å². The van der Waals surface area contributed by atoms with Crippen molar-refractivity contribution in [3.05, 3.63) is 42.5 Å². The van der Waals surface area contributed by atoms with Crippen molar-refractivity contribution < 1.29 is 24.2 Å². The topological polar surface area (TPSA) is 72.8 Å². The van der Waals surface area contributed by atoms with E-state index in [0.29, 0.717) is 19.4 Å². The molecule has 25 heavy (non-hydrogen) atoms. The van der Waals surface area contributed by atoms with E-state index in [4.69, 9.17) is 4.74 Å². The number of ketones is 1. The molecular formula is C20H26O5. The van der Waals surface area contributed by atoms with Crippen molar-refractivity contribution in [1.82, 2.24) is 0 Å². The standard InChI is InChI=1S/C20H26O5/c1-24-20(23)12-8-3-2-7-11-16-17(19(22)13-18(16)21)14-25-15-9-5-4-6-10-15/h2,4-7,9-10,16-17,19,22H,3,8,11-14H2,1H3/b7-2-. The lowest BCUT2D eigenvalue weighted by molar-refractivity contribution is -0.140. The van der Waals surface area contributed by atoms with E-state index in [1.54, 1.807) is 0 Å². The van der Waals surface area contributed by atoms with Gasteiger partial charge in [0.05, 0.1) is 19.8 Å². The highest BCUT2D eigenvalue weighted by Gasteiger charge is 2.41. The fourth-order valence-corrected chi connectivity index (χ4v) is 3.09. The molecule has 0 radical (unpaired) electrons. The molecule has 1 fully saturated rings. The molecule has 0 saturated heterocycles. The van der Waals surface area contributed by atoms with Gasteiger partial charge in [0.2, 0.25) is 0 Å². The first kappa shape index (κ1) is 19.2. The Bertz CT molecular complexity index is 581. The third-order valence-corrected chi connectivity index (χ3v) is 4.56. The molecule has 3 unspecified atom stereocenters. The largest absolute Gasteiger partial charge is 0.493 e. The predicted octanol–water partition coefficient (Wildman–Crippen LogP) is 2.92. The van der Waals surface area contributed by atoms with Crippen LogP contribution in [0.15, 0.2) is 42.5 Å². The van der Waals surface area contributed by atoms with E-state index in [1.165, 1.54) is 7.11 Å². The van der Waals surface area contributed by atoms with E-state index in [0.717, 1.165) is 18.6 Å². The molecule has 0 heterocycles. The summed E-state index contributed by atoms with van der Waals surface area (Å²) in [5, 5.41) is 10.2. The number of benzene rings is 1. The highest BCUT2D eigenvalue weighted by molar-refractivity contribution is 5.84. The molecule has 0 spiro atoms. The van der Waals surface area contributed by atoms with Crippen LogP contribution >= 0.6 is 0 Å². The van der Waals surface area contributed by atoms with Crippen LogP contribution in [0.2, 0.25) is 0 Å². The van der Waals surface area contributed by atoms with Gasteiger partial charge < -0.3 is 14.6 Å². The second-order valence-corrected chi connectivity index (χ2v) is 6.31. The molecule has 1 saturated carbocycles. The van der Waals surface area contributed by atoms with Gasteiger partial charge in [-0.1, -0.05) is 30.4 Å². The first-order valence-corrected chi connectivity index (χ1v) is 8.72. The molecule has 0 aliphatic heterocycles. The summed E-state index contributed by atoms with van der Waals surface area (Å²) < 4.78 is 10.3. The van der Waals surface area contributed by atoms with Crippen molar-refractivity contribution in [3.63, 3.8) is 0 Å². The number of carbonyl (C=O) groups excluding carboxylic acids is 2. The lowest BCUT2D eigenvalue weighted by Crippen LogP contribution is -2.26. The Balaban J connectivity index is 1.80. The maximum Gasteiger partial charge on any atom is 0.305 e. The Labute approximate surface area is 148 Å². The van der Waals surface area contributed by atoms with Crippen molar-refractivity contribution in [1.29, 1.82) is 0 Å². The first-order chi connectivity index (χ1) is 12.1. The number of Topliss-reactive ketones (excluding diaryl/α,β-unsaturated/α-hetero) is 1. The van der Waals surface area contributed by atoms with Crippen LogP contribution in [0.5, 0.6) is 5.75 Å². The number of hydrogen-bond donors (Lipinski definition) is 1. The summed E-state index contributed by atoms with van der Waals surface area (Å²) in [7, 11) is 1.38. The minimum atomic E-state index is -0.645. The fraction of sp³-hybridized carbons (Fsp3) is 0.500. The number of aliphatic hydroxyl groups is 1. The van der Waals surface area contributed by atoms with Crippen LogP contribution in [-0.2, 0) is 14.3 Å². The van der Waals surface area contributed by atoms with Crippen LogP contribution in [-0.4, -0.2) is 36.7 Å². The van der Waals surface area contributed by atoms with Gasteiger partial charge in [-0.2, -0.15) is 0 Å². The average Bonchev–Trinajstić information content (AvgIpc) is 2.89. The number of unbranched alkanes of at least 4 members (excludes halogenated alkanes) is 1. The van der Waals surface area contributed by atoms with Crippen LogP contribution in [0.1, 0.15) is 32.1 Å². The van der Waals surface area contributed by atoms with Crippen molar-refractivity contribution in [2.45, 2.75) is 38.2 Å². The summed E-state index contributed by atoms with van der Waals surface area (Å²) in [4.78, 5) is 23.2. The Morgan fingerprint density at radius 3 is 2.76 bits per heavy atom. The van der Waals surface area contributed by atoms with Gasteiger partial charge in [-0.3, -0.25) is 9.59 Å². The van der Waals surface area contributed by atoms with E-state index in [9.17, 15) is 14.7 Å². The summed E-state index contributed by atoms with van der Waals surface area (Å²) >= 11 is 0. The third kappa shape index (κ3) is 6.02. The number of esters is 1. The van der Waals surface area contributed by atoms with Gasteiger partial charge in [-0.25, -0.2) is 0 Å². The summed E-state index contributed by atoms with van der Waals surface area (Å²) in [5.74, 6) is 0.225.